The van der Waals surface area contributed by atoms with Crippen LogP contribution in [0.25, 0.3) is 5.82 Å². The fourth-order valence-corrected chi connectivity index (χ4v) is 2.84. The van der Waals surface area contributed by atoms with Crippen molar-refractivity contribution in [2.75, 3.05) is 6.54 Å². The van der Waals surface area contributed by atoms with Crippen LogP contribution in [0.1, 0.15) is 35.3 Å². The minimum absolute atomic E-state index is 0.134. The molecule has 1 aromatic carbocycles. The smallest absolute Gasteiger partial charge is 0.251 e. The number of nitrogens with one attached hydrogen (secondary N) is 1. The average molecular weight is 335 g/mol. The Labute approximate surface area is 146 Å². The van der Waals surface area contributed by atoms with E-state index in [2.05, 4.69) is 53.3 Å². The average Bonchev–Trinajstić information content (AvgIpc) is 3.15. The quantitative estimate of drug-likeness (QED) is 0.778. The third-order valence-corrected chi connectivity index (χ3v) is 4.23. The first-order chi connectivity index (χ1) is 12.0. The van der Waals surface area contributed by atoms with Gasteiger partial charge in [-0.1, -0.05) is 38.1 Å². The summed E-state index contributed by atoms with van der Waals surface area (Å²) in [7, 11) is 0. The van der Waals surface area contributed by atoms with Crippen LogP contribution in [0.5, 0.6) is 0 Å². The van der Waals surface area contributed by atoms with Crippen LogP contribution in [0, 0.1) is 6.92 Å². The van der Waals surface area contributed by atoms with E-state index in [0.717, 1.165) is 0 Å². The summed E-state index contributed by atoms with van der Waals surface area (Å²) < 4.78 is 1.52. The fraction of sp³-hybridized carbons (Fsp3) is 0.263. The van der Waals surface area contributed by atoms with Crippen LogP contribution < -0.4 is 5.32 Å². The molecule has 6 nitrogen and oxygen atoms in total. The number of nitrogens with zero attached hydrogens (tertiary/aromatic N) is 4. The maximum atomic E-state index is 12.5. The van der Waals surface area contributed by atoms with E-state index in [-0.39, 0.29) is 11.3 Å². The molecule has 2 heterocycles. The summed E-state index contributed by atoms with van der Waals surface area (Å²) >= 11 is 0. The highest BCUT2D eigenvalue weighted by atomic mass is 16.1. The molecule has 6 heteroatoms. The molecule has 0 fully saturated rings. The van der Waals surface area contributed by atoms with Crippen molar-refractivity contribution in [1.29, 1.82) is 0 Å². The lowest BCUT2D eigenvalue weighted by atomic mass is 9.82. The number of aromatic nitrogens is 4. The molecule has 2 aromatic heterocycles. The van der Waals surface area contributed by atoms with E-state index in [4.69, 9.17) is 0 Å². The van der Waals surface area contributed by atoms with Gasteiger partial charge in [0.15, 0.2) is 5.82 Å². The predicted molar refractivity (Wildman–Crippen MR) is 95.7 cm³/mol. The van der Waals surface area contributed by atoms with Gasteiger partial charge in [0.1, 0.15) is 12.7 Å². The first-order valence-electron chi connectivity index (χ1n) is 8.13. The zero-order valence-electron chi connectivity index (χ0n) is 14.6. The Morgan fingerprint density at radius 1 is 1.24 bits per heavy atom. The second kappa shape index (κ2) is 6.84. The first kappa shape index (κ1) is 16.8. The van der Waals surface area contributed by atoms with Crippen molar-refractivity contribution >= 4 is 5.91 Å². The van der Waals surface area contributed by atoms with Crippen LogP contribution in [0.15, 0.2) is 55.2 Å². The molecule has 0 aliphatic rings. The van der Waals surface area contributed by atoms with Crippen LogP contribution in [-0.4, -0.2) is 32.2 Å². The molecule has 0 radical (unpaired) electrons. The monoisotopic (exact) mass is 335 g/mol. The highest BCUT2D eigenvalue weighted by Crippen LogP contribution is 2.25. The lowest BCUT2D eigenvalue weighted by molar-refractivity contribution is 0.0945. The number of pyridine rings is 1. The van der Waals surface area contributed by atoms with E-state index in [1.54, 1.807) is 24.7 Å². The second-order valence-corrected chi connectivity index (χ2v) is 6.62. The molecule has 0 atom stereocenters. The van der Waals surface area contributed by atoms with Crippen LogP contribution in [0.4, 0.5) is 0 Å². The van der Waals surface area contributed by atoms with Crippen LogP contribution in [0.3, 0.4) is 0 Å². The summed E-state index contributed by atoms with van der Waals surface area (Å²) in [5, 5.41) is 7.06. The second-order valence-electron chi connectivity index (χ2n) is 6.62. The highest BCUT2D eigenvalue weighted by Gasteiger charge is 2.23. The van der Waals surface area contributed by atoms with Gasteiger partial charge in [0, 0.05) is 23.7 Å². The standard InChI is InChI=1S/C19H21N5O/c1-14-6-4-5-7-16(14)19(2,3)11-22-18(25)15-8-9-21-17(10-15)24-13-20-12-23-24/h4-10,12-13H,11H2,1-3H3,(H,22,25). The number of hydrogen-bond acceptors (Lipinski definition) is 4. The van der Waals surface area contributed by atoms with Gasteiger partial charge in [0.25, 0.3) is 5.91 Å². The van der Waals surface area contributed by atoms with E-state index >= 15 is 0 Å². The lowest BCUT2D eigenvalue weighted by Gasteiger charge is -2.27. The van der Waals surface area contributed by atoms with Gasteiger partial charge >= 0.3 is 0 Å². The van der Waals surface area contributed by atoms with Crippen molar-refractivity contribution < 1.29 is 4.79 Å². The van der Waals surface area contributed by atoms with E-state index < -0.39 is 0 Å². The lowest BCUT2D eigenvalue weighted by Crippen LogP contribution is -2.37. The molecule has 0 aliphatic carbocycles. The van der Waals surface area contributed by atoms with E-state index in [0.29, 0.717) is 17.9 Å². The molecular weight excluding hydrogens is 314 g/mol. The Bertz CT molecular complexity index is 871. The number of hydrogen-bond donors (Lipinski definition) is 1. The molecule has 1 amide bonds. The summed E-state index contributed by atoms with van der Waals surface area (Å²) in [6.45, 7) is 6.88. The summed E-state index contributed by atoms with van der Waals surface area (Å²) in [5.41, 5.74) is 2.83. The minimum atomic E-state index is -0.164. The van der Waals surface area contributed by atoms with Crippen molar-refractivity contribution in [1.82, 2.24) is 25.1 Å². The zero-order chi connectivity index (χ0) is 17.9. The van der Waals surface area contributed by atoms with Gasteiger partial charge in [-0.25, -0.2) is 14.6 Å². The van der Waals surface area contributed by atoms with Gasteiger partial charge < -0.3 is 5.32 Å². The van der Waals surface area contributed by atoms with Gasteiger partial charge in [-0.15, -0.1) is 0 Å². The molecule has 0 saturated carbocycles. The van der Waals surface area contributed by atoms with Gasteiger partial charge in [-0.05, 0) is 30.2 Å². The summed E-state index contributed by atoms with van der Waals surface area (Å²) in [5.74, 6) is 0.425. The third-order valence-electron chi connectivity index (χ3n) is 4.23. The Morgan fingerprint density at radius 2 is 2.04 bits per heavy atom. The molecule has 0 spiro atoms. The SMILES string of the molecule is Cc1ccccc1C(C)(C)CNC(=O)c1ccnc(-n2cncn2)c1. The molecule has 1 N–H and O–H groups in total. The van der Waals surface area contributed by atoms with Crippen LogP contribution in [0.2, 0.25) is 0 Å². The third kappa shape index (κ3) is 3.74. The largest absolute Gasteiger partial charge is 0.351 e. The van der Waals surface area contributed by atoms with Gasteiger partial charge in [-0.2, -0.15) is 5.10 Å². The van der Waals surface area contributed by atoms with Crippen LogP contribution >= 0.6 is 0 Å². The maximum absolute atomic E-state index is 12.5. The molecular formula is C19H21N5O. The Kier molecular flexibility index (Phi) is 4.61. The molecule has 128 valence electrons. The minimum Gasteiger partial charge on any atom is -0.351 e. The van der Waals surface area contributed by atoms with Gasteiger partial charge in [0.05, 0.1) is 0 Å². The van der Waals surface area contributed by atoms with Crippen molar-refractivity contribution in [2.45, 2.75) is 26.2 Å². The molecule has 3 rings (SSSR count). The van der Waals surface area contributed by atoms with Crippen molar-refractivity contribution in [2.24, 2.45) is 0 Å². The Morgan fingerprint density at radius 3 is 2.76 bits per heavy atom. The number of benzene rings is 1. The molecule has 0 aliphatic heterocycles. The Hall–Kier alpha value is -3.02. The highest BCUT2D eigenvalue weighted by molar-refractivity contribution is 5.94. The summed E-state index contributed by atoms with van der Waals surface area (Å²) in [6, 6.07) is 11.6. The fourth-order valence-electron chi connectivity index (χ4n) is 2.84. The Balaban J connectivity index is 1.73. The number of carbonyl (C=O) groups is 1. The predicted octanol–water partition coefficient (Wildman–Crippen LogP) is 2.68. The number of aryl methyl sites for hydroxylation is 1. The van der Waals surface area contributed by atoms with Crippen molar-refractivity contribution in [3.05, 3.63) is 71.9 Å². The van der Waals surface area contributed by atoms with Crippen molar-refractivity contribution in [3.63, 3.8) is 0 Å². The topological polar surface area (TPSA) is 72.7 Å². The first-order valence-corrected chi connectivity index (χ1v) is 8.13. The molecule has 25 heavy (non-hydrogen) atoms. The molecule has 3 aromatic rings. The molecule has 0 bridgehead atoms. The number of rotatable bonds is 5. The zero-order valence-corrected chi connectivity index (χ0v) is 14.6. The van der Waals surface area contributed by atoms with Gasteiger partial charge in [-0.3, -0.25) is 4.79 Å². The number of amides is 1. The van der Waals surface area contributed by atoms with Crippen molar-refractivity contribution in [3.8, 4) is 5.82 Å². The van der Waals surface area contributed by atoms with E-state index in [1.807, 2.05) is 12.1 Å². The van der Waals surface area contributed by atoms with Gasteiger partial charge in [0.2, 0.25) is 0 Å². The molecule has 0 unspecified atom stereocenters. The normalized spacial score (nSPS) is 11.3. The maximum Gasteiger partial charge on any atom is 0.251 e. The van der Waals surface area contributed by atoms with Crippen LogP contribution in [-0.2, 0) is 5.41 Å². The summed E-state index contributed by atoms with van der Waals surface area (Å²) in [4.78, 5) is 20.7. The molecule has 0 saturated heterocycles. The number of carbonyl (C=O) groups excluding carboxylic acids is 1. The summed E-state index contributed by atoms with van der Waals surface area (Å²) in [6.07, 6.45) is 4.57. The van der Waals surface area contributed by atoms with E-state index in [1.165, 1.54) is 22.1 Å². The van der Waals surface area contributed by atoms with E-state index in [9.17, 15) is 4.79 Å².